The molecule has 4 aromatic rings. The van der Waals surface area contributed by atoms with Crippen molar-refractivity contribution in [3.05, 3.63) is 60.9 Å². The van der Waals surface area contributed by atoms with Crippen molar-refractivity contribution in [3.8, 4) is 22.8 Å². The zero-order chi connectivity index (χ0) is 22.1. The molecule has 2 heterocycles. The average Bonchev–Trinajstić information content (AvgIpc) is 3.21. The van der Waals surface area contributed by atoms with Gasteiger partial charge in [0.2, 0.25) is 0 Å². The lowest BCUT2D eigenvalue weighted by Gasteiger charge is -2.26. The van der Waals surface area contributed by atoms with Crippen LogP contribution in [0.15, 0.2) is 60.9 Å². The molecule has 32 heavy (non-hydrogen) atoms. The second kappa shape index (κ2) is 8.30. The summed E-state index contributed by atoms with van der Waals surface area (Å²) in [5.41, 5.74) is 8.50. The first-order valence-corrected chi connectivity index (χ1v) is 10.6. The molecule has 0 amide bonds. The van der Waals surface area contributed by atoms with Crippen LogP contribution in [0.5, 0.6) is 11.5 Å². The van der Waals surface area contributed by atoms with Crippen LogP contribution in [0, 0.1) is 5.92 Å². The molecule has 0 atom stereocenters. The van der Waals surface area contributed by atoms with Gasteiger partial charge in [0.1, 0.15) is 29.3 Å². The summed E-state index contributed by atoms with van der Waals surface area (Å²) in [6, 6.07) is 17.4. The van der Waals surface area contributed by atoms with Crippen molar-refractivity contribution in [3.63, 3.8) is 0 Å². The summed E-state index contributed by atoms with van der Waals surface area (Å²) in [5.74, 6) is 0.854. The van der Waals surface area contributed by atoms with Gasteiger partial charge < -0.3 is 15.6 Å². The number of nitrogen functional groups attached to an aromatic ring is 1. The Labute approximate surface area is 184 Å². The number of carboxylic acid groups (broad SMARTS) is 1. The van der Waals surface area contributed by atoms with Crippen LogP contribution < -0.4 is 10.5 Å². The highest BCUT2D eigenvalue weighted by molar-refractivity contribution is 5.98. The van der Waals surface area contributed by atoms with Crippen LogP contribution in [0.2, 0.25) is 0 Å². The van der Waals surface area contributed by atoms with Crippen molar-refractivity contribution < 1.29 is 14.6 Å². The third kappa shape index (κ3) is 3.75. The molecule has 0 saturated heterocycles. The number of hydrogen-bond donors (Lipinski definition) is 2. The van der Waals surface area contributed by atoms with Gasteiger partial charge in [-0.2, -0.15) is 5.10 Å². The highest BCUT2D eigenvalue weighted by Gasteiger charge is 2.29. The second-order valence-corrected chi connectivity index (χ2v) is 8.03. The predicted molar refractivity (Wildman–Crippen MR) is 120 cm³/mol. The molecule has 1 aliphatic carbocycles. The van der Waals surface area contributed by atoms with E-state index in [0.717, 1.165) is 29.9 Å². The Morgan fingerprint density at radius 1 is 0.969 bits per heavy atom. The van der Waals surface area contributed by atoms with Crippen LogP contribution >= 0.6 is 0 Å². The highest BCUT2D eigenvalue weighted by Crippen LogP contribution is 2.37. The van der Waals surface area contributed by atoms with Gasteiger partial charge in [-0.3, -0.25) is 4.79 Å². The number of ether oxygens (including phenoxy) is 1. The van der Waals surface area contributed by atoms with Crippen LogP contribution in [-0.4, -0.2) is 30.8 Å². The van der Waals surface area contributed by atoms with Crippen LogP contribution in [0.4, 0.5) is 5.82 Å². The SMILES string of the molecule is Nc1ncnc2c1c(-c1ccc(Oc3ccccc3)cc1)nn2C1CCC(C(=O)O)CC1. The van der Waals surface area contributed by atoms with E-state index in [1.54, 1.807) is 0 Å². The molecule has 0 unspecified atom stereocenters. The van der Waals surface area contributed by atoms with E-state index in [2.05, 4.69) is 9.97 Å². The van der Waals surface area contributed by atoms with Crippen LogP contribution in [0.25, 0.3) is 22.3 Å². The molecule has 5 rings (SSSR count). The van der Waals surface area contributed by atoms with Crippen molar-refractivity contribution in [1.29, 1.82) is 0 Å². The topological polar surface area (TPSA) is 116 Å². The van der Waals surface area contributed by atoms with E-state index in [9.17, 15) is 9.90 Å². The molecular formula is C24H23N5O3. The van der Waals surface area contributed by atoms with Gasteiger partial charge in [0.05, 0.1) is 17.3 Å². The maximum Gasteiger partial charge on any atom is 0.306 e. The number of nitrogens with two attached hydrogens (primary N) is 1. The largest absolute Gasteiger partial charge is 0.481 e. The van der Waals surface area contributed by atoms with E-state index in [-0.39, 0.29) is 12.0 Å². The summed E-state index contributed by atoms with van der Waals surface area (Å²) in [6.07, 6.45) is 4.17. The zero-order valence-corrected chi connectivity index (χ0v) is 17.4. The minimum Gasteiger partial charge on any atom is -0.481 e. The number of para-hydroxylation sites is 1. The quantitative estimate of drug-likeness (QED) is 0.473. The van der Waals surface area contributed by atoms with E-state index in [1.807, 2.05) is 59.3 Å². The third-order valence-corrected chi connectivity index (χ3v) is 6.02. The van der Waals surface area contributed by atoms with Crippen LogP contribution in [0.1, 0.15) is 31.7 Å². The number of carbonyl (C=O) groups is 1. The Kier molecular flexibility index (Phi) is 5.18. The number of carboxylic acids is 1. The Bertz CT molecular complexity index is 1250. The van der Waals surface area contributed by atoms with Crippen molar-refractivity contribution in [2.75, 3.05) is 5.73 Å². The molecule has 0 bridgehead atoms. The molecule has 0 aliphatic heterocycles. The number of aliphatic carboxylic acids is 1. The van der Waals surface area contributed by atoms with Gasteiger partial charge in [-0.25, -0.2) is 14.6 Å². The lowest BCUT2D eigenvalue weighted by atomic mass is 9.86. The van der Waals surface area contributed by atoms with Gasteiger partial charge in [-0.05, 0) is 62.1 Å². The Hall–Kier alpha value is -3.94. The number of benzene rings is 2. The molecule has 1 saturated carbocycles. The molecule has 2 aromatic carbocycles. The molecular weight excluding hydrogens is 406 g/mol. The van der Waals surface area contributed by atoms with Crippen LogP contribution in [0.3, 0.4) is 0 Å². The molecule has 3 N–H and O–H groups in total. The van der Waals surface area contributed by atoms with E-state index in [1.165, 1.54) is 6.33 Å². The summed E-state index contributed by atoms with van der Waals surface area (Å²) in [6.45, 7) is 0. The number of anilines is 1. The summed E-state index contributed by atoms with van der Waals surface area (Å²) < 4.78 is 7.79. The van der Waals surface area contributed by atoms with Crippen molar-refractivity contribution >= 4 is 22.8 Å². The first-order valence-electron chi connectivity index (χ1n) is 10.6. The number of rotatable bonds is 5. The molecule has 8 nitrogen and oxygen atoms in total. The molecule has 1 fully saturated rings. The van der Waals surface area contributed by atoms with Crippen molar-refractivity contribution in [2.45, 2.75) is 31.7 Å². The minimum absolute atomic E-state index is 0.0804. The van der Waals surface area contributed by atoms with Gasteiger partial charge in [-0.1, -0.05) is 18.2 Å². The van der Waals surface area contributed by atoms with Gasteiger partial charge >= 0.3 is 5.97 Å². The Morgan fingerprint density at radius 3 is 2.34 bits per heavy atom. The Morgan fingerprint density at radius 2 is 1.66 bits per heavy atom. The first kappa shape index (κ1) is 20.0. The van der Waals surface area contributed by atoms with Crippen LogP contribution in [-0.2, 0) is 4.79 Å². The monoisotopic (exact) mass is 429 g/mol. The smallest absolute Gasteiger partial charge is 0.306 e. The molecule has 1 aliphatic rings. The zero-order valence-electron chi connectivity index (χ0n) is 17.4. The summed E-state index contributed by atoms with van der Waals surface area (Å²) in [7, 11) is 0. The molecule has 0 spiro atoms. The standard InChI is InChI=1S/C24H23N5O3/c25-22-20-21(15-8-12-19(13-9-15)32-18-4-2-1-3-5-18)28-29(23(20)27-14-26-22)17-10-6-16(7-11-17)24(30)31/h1-5,8-9,12-14,16-17H,6-7,10-11H2,(H,30,31)(H2,25,26,27). The van der Waals surface area contributed by atoms with Gasteiger partial charge in [0.25, 0.3) is 0 Å². The minimum atomic E-state index is -0.723. The van der Waals surface area contributed by atoms with E-state index in [0.29, 0.717) is 35.4 Å². The lowest BCUT2D eigenvalue weighted by Crippen LogP contribution is -2.24. The summed E-state index contributed by atoms with van der Waals surface area (Å²) >= 11 is 0. The number of hydrogen-bond acceptors (Lipinski definition) is 6. The first-order chi connectivity index (χ1) is 15.6. The third-order valence-electron chi connectivity index (χ3n) is 6.02. The summed E-state index contributed by atoms with van der Waals surface area (Å²) in [5, 5.41) is 14.9. The predicted octanol–water partition coefficient (Wildman–Crippen LogP) is 4.68. The van der Waals surface area contributed by atoms with Crippen molar-refractivity contribution in [1.82, 2.24) is 19.7 Å². The molecule has 8 heteroatoms. The maximum atomic E-state index is 11.3. The number of fused-ring (bicyclic) bond motifs is 1. The average molecular weight is 429 g/mol. The summed E-state index contributed by atoms with van der Waals surface area (Å²) in [4.78, 5) is 19.9. The molecule has 162 valence electrons. The number of nitrogens with zero attached hydrogens (tertiary/aromatic N) is 4. The second-order valence-electron chi connectivity index (χ2n) is 8.03. The number of aromatic nitrogens is 4. The maximum absolute atomic E-state index is 11.3. The fourth-order valence-electron chi connectivity index (χ4n) is 4.32. The highest BCUT2D eigenvalue weighted by atomic mass is 16.5. The van der Waals surface area contributed by atoms with Crippen molar-refractivity contribution in [2.24, 2.45) is 5.92 Å². The fourth-order valence-corrected chi connectivity index (χ4v) is 4.32. The Balaban J connectivity index is 1.47. The van der Waals surface area contributed by atoms with Gasteiger partial charge in [0, 0.05) is 5.56 Å². The lowest BCUT2D eigenvalue weighted by molar-refractivity contribution is -0.143. The van der Waals surface area contributed by atoms with Gasteiger partial charge in [0.15, 0.2) is 5.65 Å². The molecule has 0 radical (unpaired) electrons. The molecule has 2 aromatic heterocycles. The van der Waals surface area contributed by atoms with Gasteiger partial charge in [-0.15, -0.1) is 0 Å². The van der Waals surface area contributed by atoms with E-state index >= 15 is 0 Å². The normalized spacial score (nSPS) is 18.5. The van der Waals surface area contributed by atoms with E-state index < -0.39 is 5.97 Å². The van der Waals surface area contributed by atoms with E-state index in [4.69, 9.17) is 15.6 Å². The fraction of sp³-hybridized carbons (Fsp3) is 0.250.